The van der Waals surface area contributed by atoms with Gasteiger partial charge in [-0.05, 0) is 30.5 Å². The highest BCUT2D eigenvalue weighted by Crippen LogP contribution is 2.40. The molecule has 1 amide bonds. The van der Waals surface area contributed by atoms with Crippen molar-refractivity contribution in [1.82, 2.24) is 9.97 Å². The van der Waals surface area contributed by atoms with Crippen LogP contribution < -0.4 is 5.32 Å². The summed E-state index contributed by atoms with van der Waals surface area (Å²) in [6.07, 6.45) is 1.74. The first-order valence-corrected chi connectivity index (χ1v) is 12.3. The van der Waals surface area contributed by atoms with Crippen molar-refractivity contribution >= 4 is 17.6 Å². The van der Waals surface area contributed by atoms with Gasteiger partial charge in [0.25, 0.3) is 5.91 Å². The van der Waals surface area contributed by atoms with Crippen LogP contribution in [0, 0.1) is 6.92 Å². The fourth-order valence-corrected chi connectivity index (χ4v) is 4.77. The molecule has 202 valence electrons. The Balaban J connectivity index is 1.45. The Bertz CT molecular complexity index is 1260. The molecular weight excluding hydrogens is 503 g/mol. The average Bonchev–Trinajstić information content (AvgIpc) is 3.30. The van der Waals surface area contributed by atoms with Gasteiger partial charge >= 0.3 is 12.1 Å². The normalized spacial score (nSPS) is 15.3. The molecule has 1 aromatic carbocycles. The van der Waals surface area contributed by atoms with E-state index < -0.39 is 29.5 Å². The minimum Gasteiger partial charge on any atom is -0.481 e. The molecular formula is C27H28F3N3O5. The highest BCUT2D eigenvalue weighted by atomic mass is 19.4. The number of aromatic nitrogens is 2. The highest BCUT2D eigenvalue weighted by molar-refractivity contribution is 6.03. The number of carboxylic acid groups (broad SMARTS) is 1. The van der Waals surface area contributed by atoms with E-state index in [4.69, 9.17) is 9.84 Å². The van der Waals surface area contributed by atoms with Crippen LogP contribution in [-0.4, -0.2) is 40.2 Å². The monoisotopic (exact) mass is 531 g/mol. The summed E-state index contributed by atoms with van der Waals surface area (Å²) in [4.78, 5) is 31.1. The molecule has 0 bridgehead atoms. The zero-order chi connectivity index (χ0) is 27.3. The summed E-state index contributed by atoms with van der Waals surface area (Å²) in [6.45, 7) is 1.87. The number of carboxylic acids is 1. The molecule has 0 aliphatic heterocycles. The van der Waals surface area contributed by atoms with Gasteiger partial charge in [0.1, 0.15) is 0 Å². The summed E-state index contributed by atoms with van der Waals surface area (Å²) < 4.78 is 49.7. The van der Waals surface area contributed by atoms with Crippen LogP contribution in [0.5, 0.6) is 0 Å². The maximum absolute atomic E-state index is 13.1. The smallest absolute Gasteiger partial charge is 0.452 e. The molecule has 0 radical (unpaired) electrons. The number of alkyl halides is 3. The number of aliphatic carboxylic acids is 1. The zero-order valence-corrected chi connectivity index (χ0v) is 20.8. The van der Waals surface area contributed by atoms with E-state index in [1.807, 2.05) is 24.3 Å². The van der Waals surface area contributed by atoms with Crippen LogP contribution in [0.1, 0.15) is 66.2 Å². The van der Waals surface area contributed by atoms with Crippen molar-refractivity contribution in [3.8, 4) is 11.3 Å². The maximum Gasteiger partial charge on any atom is 0.452 e. The lowest BCUT2D eigenvalue weighted by molar-refractivity contribution is -0.153. The molecule has 1 aliphatic carbocycles. The molecule has 8 nitrogen and oxygen atoms in total. The lowest BCUT2D eigenvalue weighted by Crippen LogP contribution is -2.34. The predicted octanol–water partition coefficient (Wildman–Crippen LogP) is 6.01. The first-order valence-electron chi connectivity index (χ1n) is 12.3. The van der Waals surface area contributed by atoms with Gasteiger partial charge in [0.2, 0.25) is 5.76 Å². The fourth-order valence-electron chi connectivity index (χ4n) is 4.77. The van der Waals surface area contributed by atoms with E-state index in [0.29, 0.717) is 12.3 Å². The number of hydrogen-bond donors (Lipinski definition) is 2. The van der Waals surface area contributed by atoms with Gasteiger partial charge < -0.3 is 19.6 Å². The lowest BCUT2D eigenvalue weighted by Gasteiger charge is -2.37. The molecule has 0 spiro atoms. The first kappa shape index (κ1) is 27.3. The summed E-state index contributed by atoms with van der Waals surface area (Å²) in [6, 6.07) is 11.2. The number of pyridine rings is 1. The van der Waals surface area contributed by atoms with Crippen LogP contribution in [0.15, 0.2) is 47.0 Å². The summed E-state index contributed by atoms with van der Waals surface area (Å²) >= 11 is 0. The van der Waals surface area contributed by atoms with Gasteiger partial charge in [-0.2, -0.15) is 13.2 Å². The Morgan fingerprint density at radius 2 is 1.82 bits per heavy atom. The van der Waals surface area contributed by atoms with Crippen LogP contribution in [0.25, 0.3) is 11.3 Å². The number of anilines is 1. The Hall–Kier alpha value is -3.73. The number of aryl methyl sites for hydroxylation is 1. The van der Waals surface area contributed by atoms with Crippen LogP contribution in [0.4, 0.5) is 18.9 Å². The number of carbonyl (C=O) groups excluding carboxylic acids is 1. The van der Waals surface area contributed by atoms with Gasteiger partial charge in [-0.1, -0.05) is 43.5 Å². The van der Waals surface area contributed by atoms with E-state index in [1.165, 1.54) is 13.1 Å². The van der Waals surface area contributed by atoms with Gasteiger partial charge in [0.15, 0.2) is 11.6 Å². The van der Waals surface area contributed by atoms with Crippen molar-refractivity contribution in [2.45, 2.75) is 57.0 Å². The van der Waals surface area contributed by atoms with Crippen LogP contribution in [-0.2, 0) is 21.1 Å². The van der Waals surface area contributed by atoms with E-state index in [0.717, 1.165) is 43.2 Å². The zero-order valence-electron chi connectivity index (χ0n) is 20.8. The van der Waals surface area contributed by atoms with Crippen molar-refractivity contribution in [3.63, 3.8) is 0 Å². The molecule has 2 heterocycles. The van der Waals surface area contributed by atoms with Crippen molar-refractivity contribution in [1.29, 1.82) is 0 Å². The third kappa shape index (κ3) is 6.39. The second-order valence-corrected chi connectivity index (χ2v) is 9.41. The van der Waals surface area contributed by atoms with Crippen LogP contribution in [0.3, 0.4) is 0 Å². The number of rotatable bonds is 9. The Morgan fingerprint density at radius 3 is 2.42 bits per heavy atom. The fraction of sp³-hybridized carbons (Fsp3) is 0.407. The number of carbonyl (C=O) groups is 2. The van der Waals surface area contributed by atoms with Gasteiger partial charge in [-0.25, -0.2) is 4.98 Å². The molecule has 1 aliphatic rings. The van der Waals surface area contributed by atoms with E-state index >= 15 is 0 Å². The number of amides is 1. The van der Waals surface area contributed by atoms with Gasteiger partial charge in [-0.3, -0.25) is 14.6 Å². The molecule has 0 saturated heterocycles. The Labute approximate surface area is 217 Å². The van der Waals surface area contributed by atoms with E-state index in [-0.39, 0.29) is 30.0 Å². The Morgan fingerprint density at radius 1 is 1.11 bits per heavy atom. The van der Waals surface area contributed by atoms with Crippen LogP contribution >= 0.6 is 0 Å². The molecule has 0 atom stereocenters. The first-order chi connectivity index (χ1) is 18.1. The number of halogens is 3. The molecule has 1 fully saturated rings. The van der Waals surface area contributed by atoms with Gasteiger partial charge in [-0.15, -0.1) is 0 Å². The van der Waals surface area contributed by atoms with Crippen molar-refractivity contribution < 1.29 is 37.0 Å². The SMILES string of the molecule is Cc1nc(C(=O)Nc2ccc(-c3ccc(C4(COCCC(=O)O)CCCCC4)cc3)nc2)c(C(F)(F)F)o1. The minimum absolute atomic E-state index is 0.0289. The molecule has 0 unspecified atom stereocenters. The van der Waals surface area contributed by atoms with Crippen molar-refractivity contribution in [3.05, 3.63) is 65.5 Å². The van der Waals surface area contributed by atoms with E-state index in [2.05, 4.69) is 19.7 Å². The number of nitrogens with one attached hydrogen (secondary N) is 1. The summed E-state index contributed by atoms with van der Waals surface area (Å²) in [5.41, 5.74) is 1.80. The molecule has 11 heteroatoms. The number of nitrogens with zero attached hydrogens (tertiary/aromatic N) is 2. The quantitative estimate of drug-likeness (QED) is 0.325. The number of hydrogen-bond acceptors (Lipinski definition) is 6. The highest BCUT2D eigenvalue weighted by Gasteiger charge is 2.41. The molecule has 1 saturated carbocycles. The molecule has 3 aromatic rings. The largest absolute Gasteiger partial charge is 0.481 e. The number of oxazole rings is 1. The second-order valence-electron chi connectivity index (χ2n) is 9.41. The standard InChI is InChI=1S/C27H28F3N3O5/c1-17-32-23(24(38-17)27(28,29)30)25(36)33-20-9-10-21(31-15-20)18-5-7-19(8-6-18)26(12-3-2-4-13-26)16-37-14-11-22(34)35/h5-10,15H,2-4,11-14,16H2,1H3,(H,33,36)(H,34,35). The average molecular weight is 532 g/mol. The van der Waals surface area contributed by atoms with Crippen molar-refractivity contribution in [2.24, 2.45) is 0 Å². The molecule has 38 heavy (non-hydrogen) atoms. The maximum atomic E-state index is 13.1. The minimum atomic E-state index is -4.84. The molecule has 2 N–H and O–H groups in total. The third-order valence-electron chi connectivity index (χ3n) is 6.67. The van der Waals surface area contributed by atoms with E-state index in [9.17, 15) is 22.8 Å². The summed E-state index contributed by atoms with van der Waals surface area (Å²) in [7, 11) is 0. The summed E-state index contributed by atoms with van der Waals surface area (Å²) in [5, 5.41) is 11.2. The number of benzene rings is 1. The predicted molar refractivity (Wildman–Crippen MR) is 132 cm³/mol. The molecule has 4 rings (SSSR count). The van der Waals surface area contributed by atoms with Gasteiger partial charge in [0.05, 0.1) is 37.2 Å². The van der Waals surface area contributed by atoms with Gasteiger partial charge in [0, 0.05) is 17.9 Å². The summed E-state index contributed by atoms with van der Waals surface area (Å²) in [5.74, 6) is -3.64. The van der Waals surface area contributed by atoms with Crippen molar-refractivity contribution in [2.75, 3.05) is 18.5 Å². The molecule has 2 aromatic heterocycles. The lowest BCUT2D eigenvalue weighted by atomic mass is 9.70. The Kier molecular flexibility index (Phi) is 8.15. The number of ether oxygens (including phenoxy) is 1. The second kappa shape index (κ2) is 11.3. The third-order valence-corrected chi connectivity index (χ3v) is 6.67. The van der Waals surface area contributed by atoms with Crippen LogP contribution in [0.2, 0.25) is 0 Å². The topological polar surface area (TPSA) is 115 Å². The van der Waals surface area contributed by atoms with E-state index in [1.54, 1.807) is 12.1 Å².